The molecule has 1 N–H and O–H groups in total. The zero-order valence-electron chi connectivity index (χ0n) is 13.1. The van der Waals surface area contributed by atoms with Gasteiger partial charge in [0.2, 0.25) is 0 Å². The van der Waals surface area contributed by atoms with E-state index in [1.165, 1.54) is 4.88 Å². The number of carbonyl (C=O) groups excluding carboxylic acids is 1. The average Bonchev–Trinajstić information content (AvgIpc) is 2.95. The van der Waals surface area contributed by atoms with Gasteiger partial charge in [-0.2, -0.15) is 0 Å². The molecule has 2 rings (SSSR count). The van der Waals surface area contributed by atoms with Crippen molar-refractivity contribution in [2.75, 3.05) is 13.1 Å². The summed E-state index contributed by atoms with van der Waals surface area (Å²) >= 11 is 8.72. The minimum atomic E-state index is -0.437. The molecule has 0 bridgehead atoms. The third kappa shape index (κ3) is 5.22. The van der Waals surface area contributed by atoms with Gasteiger partial charge >= 0.3 is 6.09 Å². The topological polar surface area (TPSA) is 41.6 Å². The van der Waals surface area contributed by atoms with Gasteiger partial charge in [0.1, 0.15) is 5.60 Å². The van der Waals surface area contributed by atoms with E-state index in [4.69, 9.17) is 4.74 Å². The molecule has 1 aliphatic rings. The normalized spacial score (nSPS) is 18.8. The molecule has 0 spiro atoms. The van der Waals surface area contributed by atoms with E-state index in [0.717, 1.165) is 40.7 Å². The third-order valence-corrected chi connectivity index (χ3v) is 6.64. The molecule has 0 aliphatic carbocycles. The fraction of sp³-hybridized carbons (Fsp3) is 0.667. The number of likely N-dealkylation sites (tertiary alicyclic amines) is 1. The molecule has 7 heteroatoms. The van der Waals surface area contributed by atoms with E-state index in [9.17, 15) is 4.79 Å². The molecule has 1 aromatic rings. The molecule has 22 heavy (non-hydrogen) atoms. The molecule has 0 aromatic carbocycles. The number of thiophene rings is 1. The second kappa shape index (κ2) is 7.64. The highest BCUT2D eigenvalue weighted by Gasteiger charge is 2.31. The van der Waals surface area contributed by atoms with E-state index < -0.39 is 5.60 Å². The van der Waals surface area contributed by atoms with Crippen molar-refractivity contribution in [1.82, 2.24) is 10.2 Å². The number of hydrogen-bond acceptors (Lipinski definition) is 4. The van der Waals surface area contributed by atoms with Gasteiger partial charge in [-0.3, -0.25) is 0 Å². The Morgan fingerprint density at radius 2 is 2.23 bits per heavy atom. The summed E-state index contributed by atoms with van der Waals surface area (Å²) < 4.78 is 7.68. The van der Waals surface area contributed by atoms with Crippen LogP contribution < -0.4 is 5.32 Å². The first-order valence-electron chi connectivity index (χ1n) is 7.40. The first-order valence-corrected chi connectivity index (χ1v) is 9.80. The first-order chi connectivity index (χ1) is 10.3. The molecule has 1 saturated heterocycles. The summed E-state index contributed by atoms with van der Waals surface area (Å²) in [7, 11) is 0. The molecule has 4 nitrogen and oxygen atoms in total. The van der Waals surface area contributed by atoms with Gasteiger partial charge in [-0.25, -0.2) is 4.79 Å². The molecule has 2 heterocycles. The summed E-state index contributed by atoms with van der Waals surface area (Å²) in [6, 6.07) is 2.34. The Balaban J connectivity index is 1.82. The smallest absolute Gasteiger partial charge is 0.410 e. The van der Waals surface area contributed by atoms with Crippen LogP contribution in [0.4, 0.5) is 4.79 Å². The predicted octanol–water partition coefficient (Wildman–Crippen LogP) is 4.76. The lowest BCUT2D eigenvalue weighted by molar-refractivity contribution is 0.0226. The minimum absolute atomic E-state index is 0.196. The van der Waals surface area contributed by atoms with Crippen molar-refractivity contribution in [3.63, 3.8) is 0 Å². The molecular weight excluding hydrogens is 432 g/mol. The molecule has 1 fully saturated rings. The van der Waals surface area contributed by atoms with Gasteiger partial charge < -0.3 is 15.0 Å². The Kier molecular flexibility index (Phi) is 6.33. The summed E-state index contributed by atoms with van der Waals surface area (Å²) in [5.41, 5.74) is -0.437. The zero-order chi connectivity index (χ0) is 16.3. The molecular formula is C15H22Br2N2O2S. The van der Waals surface area contributed by atoms with Crippen LogP contribution in [-0.2, 0) is 11.3 Å². The van der Waals surface area contributed by atoms with Crippen molar-refractivity contribution < 1.29 is 9.53 Å². The van der Waals surface area contributed by atoms with Gasteiger partial charge in [0, 0.05) is 35.0 Å². The molecule has 1 amide bonds. The molecule has 1 unspecified atom stereocenters. The number of halogens is 2. The van der Waals surface area contributed by atoms with Crippen LogP contribution in [0.5, 0.6) is 0 Å². The summed E-state index contributed by atoms with van der Waals surface area (Å²) in [5, 5.41) is 3.45. The third-order valence-electron chi connectivity index (χ3n) is 3.38. The first kappa shape index (κ1) is 18.2. The van der Waals surface area contributed by atoms with Crippen LogP contribution in [0.3, 0.4) is 0 Å². The Labute approximate surface area is 152 Å². The lowest BCUT2D eigenvalue weighted by Gasteiger charge is -2.28. The second-order valence-electron chi connectivity index (χ2n) is 6.44. The minimum Gasteiger partial charge on any atom is -0.444 e. The maximum absolute atomic E-state index is 12.2. The highest BCUT2D eigenvalue weighted by molar-refractivity contribution is 9.13. The lowest BCUT2D eigenvalue weighted by Crippen LogP contribution is -2.43. The highest BCUT2D eigenvalue weighted by atomic mass is 79.9. The van der Waals surface area contributed by atoms with E-state index in [1.54, 1.807) is 11.3 Å². The fourth-order valence-corrected chi connectivity index (χ4v) is 4.60. The van der Waals surface area contributed by atoms with E-state index in [1.807, 2.05) is 25.7 Å². The van der Waals surface area contributed by atoms with E-state index >= 15 is 0 Å². The number of carbonyl (C=O) groups is 1. The highest BCUT2D eigenvalue weighted by Crippen LogP contribution is 2.32. The van der Waals surface area contributed by atoms with E-state index in [0.29, 0.717) is 0 Å². The lowest BCUT2D eigenvalue weighted by atomic mass is 10.2. The van der Waals surface area contributed by atoms with Crippen LogP contribution in [0.1, 0.15) is 38.5 Å². The maximum atomic E-state index is 12.2. The Morgan fingerprint density at radius 3 is 2.82 bits per heavy atom. The predicted molar refractivity (Wildman–Crippen MR) is 97.4 cm³/mol. The standard InChI is InChI=1S/C15H22Br2N2O2S/c1-15(2,3)21-14(20)19-6-4-5-10(19)8-18-9-11-7-12(16)13(17)22-11/h7,10,18H,4-6,8-9H2,1-3H3. The Hall–Kier alpha value is -0.110. The molecule has 1 atom stereocenters. The van der Waals surface area contributed by atoms with Gasteiger partial charge in [-0.15, -0.1) is 11.3 Å². The molecule has 1 aliphatic heterocycles. The van der Waals surface area contributed by atoms with Crippen LogP contribution in [0.15, 0.2) is 14.3 Å². The monoisotopic (exact) mass is 452 g/mol. The average molecular weight is 454 g/mol. The van der Waals surface area contributed by atoms with Gasteiger partial charge in [-0.1, -0.05) is 0 Å². The van der Waals surface area contributed by atoms with Crippen LogP contribution in [0.2, 0.25) is 0 Å². The fourth-order valence-electron chi connectivity index (χ4n) is 2.45. The van der Waals surface area contributed by atoms with Crippen molar-refractivity contribution >= 4 is 49.3 Å². The quantitative estimate of drug-likeness (QED) is 0.714. The molecule has 0 radical (unpaired) electrons. The number of nitrogens with zero attached hydrogens (tertiary/aromatic N) is 1. The molecule has 124 valence electrons. The van der Waals surface area contributed by atoms with Gasteiger partial charge in [-0.05, 0) is 71.5 Å². The van der Waals surface area contributed by atoms with Crippen molar-refractivity contribution in [2.45, 2.75) is 51.8 Å². The molecule has 1 aromatic heterocycles. The van der Waals surface area contributed by atoms with Crippen molar-refractivity contribution in [3.05, 3.63) is 19.2 Å². The van der Waals surface area contributed by atoms with Crippen molar-refractivity contribution in [2.24, 2.45) is 0 Å². The summed E-state index contributed by atoms with van der Waals surface area (Å²) in [6.07, 6.45) is 1.88. The van der Waals surface area contributed by atoms with Crippen LogP contribution in [0, 0.1) is 0 Å². The number of ether oxygens (including phenoxy) is 1. The summed E-state index contributed by atoms with van der Waals surface area (Å²) in [6.45, 7) is 8.11. The number of hydrogen-bond donors (Lipinski definition) is 1. The maximum Gasteiger partial charge on any atom is 0.410 e. The van der Waals surface area contributed by atoms with Crippen molar-refractivity contribution in [3.8, 4) is 0 Å². The van der Waals surface area contributed by atoms with Gasteiger partial charge in [0.25, 0.3) is 0 Å². The number of amides is 1. The van der Waals surface area contributed by atoms with E-state index in [-0.39, 0.29) is 12.1 Å². The SMILES string of the molecule is CC(C)(C)OC(=O)N1CCCC1CNCc1cc(Br)c(Br)s1. The summed E-state index contributed by atoms with van der Waals surface area (Å²) in [5.74, 6) is 0. The number of nitrogens with one attached hydrogen (secondary N) is 1. The largest absolute Gasteiger partial charge is 0.444 e. The second-order valence-corrected chi connectivity index (χ2v) is 9.74. The van der Waals surface area contributed by atoms with Crippen LogP contribution in [0.25, 0.3) is 0 Å². The Bertz CT molecular complexity index is 509. The molecule has 0 saturated carbocycles. The van der Waals surface area contributed by atoms with Crippen LogP contribution in [-0.4, -0.2) is 35.7 Å². The van der Waals surface area contributed by atoms with Gasteiger partial charge in [0.15, 0.2) is 0 Å². The zero-order valence-corrected chi connectivity index (χ0v) is 17.1. The summed E-state index contributed by atoms with van der Waals surface area (Å²) in [4.78, 5) is 15.3. The Morgan fingerprint density at radius 1 is 1.50 bits per heavy atom. The van der Waals surface area contributed by atoms with Crippen LogP contribution >= 0.6 is 43.2 Å². The number of rotatable bonds is 4. The van der Waals surface area contributed by atoms with Gasteiger partial charge in [0.05, 0.1) is 3.79 Å². The van der Waals surface area contributed by atoms with Crippen molar-refractivity contribution in [1.29, 1.82) is 0 Å². The van der Waals surface area contributed by atoms with E-state index in [2.05, 4.69) is 43.2 Å².